The maximum Gasteiger partial charge on any atom is 0.325 e. The minimum atomic E-state index is -0.206. The summed E-state index contributed by atoms with van der Waals surface area (Å²) < 4.78 is 5.52. The van der Waals surface area contributed by atoms with Crippen LogP contribution in [-0.2, 0) is 4.79 Å². The van der Waals surface area contributed by atoms with Gasteiger partial charge in [0.05, 0.1) is 5.54 Å². The number of hydrogen-bond acceptors (Lipinski definition) is 3. The van der Waals surface area contributed by atoms with Crippen molar-refractivity contribution in [1.82, 2.24) is 10.2 Å². The van der Waals surface area contributed by atoms with E-state index in [1.165, 1.54) is 0 Å². The van der Waals surface area contributed by atoms with Crippen LogP contribution < -0.4 is 15.0 Å². The number of carbonyl (C=O) groups excluding carboxylic acids is 2. The fraction of sp³-hybridized carbons (Fsp3) is 0.364. The number of ether oxygens (including phenoxy) is 1. The van der Waals surface area contributed by atoms with E-state index in [-0.39, 0.29) is 29.6 Å². The van der Waals surface area contributed by atoms with Gasteiger partial charge in [0.15, 0.2) is 6.61 Å². The molecule has 2 aromatic carbocycles. The lowest BCUT2D eigenvalue weighted by atomic mass is 9.43. The second-order valence-electron chi connectivity index (χ2n) is 8.39. The Bertz CT molecular complexity index is 991. The van der Waals surface area contributed by atoms with Crippen molar-refractivity contribution in [1.29, 1.82) is 0 Å². The van der Waals surface area contributed by atoms with Crippen LogP contribution >= 0.6 is 23.2 Å². The summed E-state index contributed by atoms with van der Waals surface area (Å²) in [5.41, 5.74) is 0.530. The Morgan fingerprint density at radius 1 is 1.03 bits per heavy atom. The van der Waals surface area contributed by atoms with Gasteiger partial charge in [0.1, 0.15) is 5.75 Å². The molecule has 4 aliphatic rings. The van der Waals surface area contributed by atoms with Gasteiger partial charge in [-0.3, -0.25) is 9.69 Å². The standard InChI is InChI=1S/C22H21Cl2N3O3/c23-15-4-6-17(7-5-15)26-8-9-27(20(26)29)22-12-21(13-22,14-22)25-19(28)11-30-18-3-1-2-16(24)10-18/h1-7,10H,8-9,11-14H2,(H,25,28). The number of carbonyl (C=O) groups is 2. The molecule has 0 spiro atoms. The molecule has 6 rings (SSSR count). The molecule has 1 N–H and O–H groups in total. The van der Waals surface area contributed by atoms with Crippen LogP contribution in [0.5, 0.6) is 5.75 Å². The lowest BCUT2D eigenvalue weighted by molar-refractivity contribution is -0.165. The first-order valence-corrected chi connectivity index (χ1v) is 10.7. The van der Waals surface area contributed by atoms with Gasteiger partial charge in [0, 0.05) is 34.4 Å². The average molecular weight is 446 g/mol. The van der Waals surface area contributed by atoms with E-state index in [4.69, 9.17) is 27.9 Å². The summed E-state index contributed by atoms with van der Waals surface area (Å²) in [5.74, 6) is 0.412. The molecule has 2 aromatic rings. The Morgan fingerprint density at radius 3 is 2.47 bits per heavy atom. The van der Waals surface area contributed by atoms with Crippen molar-refractivity contribution < 1.29 is 14.3 Å². The summed E-state index contributed by atoms with van der Waals surface area (Å²) in [5, 5.41) is 4.31. The quantitative estimate of drug-likeness (QED) is 0.727. The monoisotopic (exact) mass is 445 g/mol. The number of nitrogens with one attached hydrogen (secondary N) is 1. The molecule has 1 heterocycles. The van der Waals surface area contributed by atoms with Crippen molar-refractivity contribution in [2.45, 2.75) is 30.3 Å². The van der Waals surface area contributed by atoms with Gasteiger partial charge in [-0.1, -0.05) is 29.3 Å². The van der Waals surface area contributed by atoms with Gasteiger partial charge in [0.2, 0.25) is 0 Å². The molecular formula is C22H21Cl2N3O3. The summed E-state index contributed by atoms with van der Waals surface area (Å²) in [6.07, 6.45) is 2.38. The molecule has 2 bridgehead atoms. The first-order chi connectivity index (χ1) is 14.4. The highest BCUT2D eigenvalue weighted by atomic mass is 35.5. The van der Waals surface area contributed by atoms with Gasteiger partial charge in [-0.2, -0.15) is 0 Å². The zero-order valence-corrected chi connectivity index (χ0v) is 17.7. The molecule has 1 aliphatic heterocycles. The highest BCUT2D eigenvalue weighted by molar-refractivity contribution is 6.31. The first-order valence-electron chi connectivity index (χ1n) is 9.92. The summed E-state index contributed by atoms with van der Waals surface area (Å²) >= 11 is 11.9. The lowest BCUT2D eigenvalue weighted by Gasteiger charge is -2.72. The maximum atomic E-state index is 13.0. The van der Waals surface area contributed by atoms with Crippen LogP contribution in [0.3, 0.4) is 0 Å². The summed E-state index contributed by atoms with van der Waals surface area (Å²) in [6, 6.07) is 14.3. The van der Waals surface area contributed by atoms with Gasteiger partial charge in [0.25, 0.3) is 5.91 Å². The molecular weight excluding hydrogens is 425 g/mol. The van der Waals surface area contributed by atoms with E-state index in [0.29, 0.717) is 28.9 Å². The second kappa shape index (κ2) is 7.06. The average Bonchev–Trinajstić information content (AvgIpc) is 3.04. The van der Waals surface area contributed by atoms with Crippen LogP contribution in [0.2, 0.25) is 10.0 Å². The highest BCUT2D eigenvalue weighted by Crippen LogP contribution is 2.64. The lowest BCUT2D eigenvalue weighted by Crippen LogP contribution is -2.84. The summed E-state index contributed by atoms with van der Waals surface area (Å²) in [6.45, 7) is 1.31. The molecule has 156 valence electrons. The van der Waals surface area contributed by atoms with Gasteiger partial charge in [-0.05, 0) is 61.7 Å². The van der Waals surface area contributed by atoms with Gasteiger partial charge in [-0.15, -0.1) is 0 Å². The van der Waals surface area contributed by atoms with Crippen molar-refractivity contribution in [3.05, 3.63) is 58.6 Å². The number of halogens is 2. The number of anilines is 1. The minimum Gasteiger partial charge on any atom is -0.484 e. The topological polar surface area (TPSA) is 61.9 Å². The van der Waals surface area contributed by atoms with Crippen molar-refractivity contribution in [3.63, 3.8) is 0 Å². The molecule has 6 nitrogen and oxygen atoms in total. The van der Waals surface area contributed by atoms with Crippen LogP contribution in [0.25, 0.3) is 0 Å². The van der Waals surface area contributed by atoms with E-state index < -0.39 is 0 Å². The number of hydrogen-bond donors (Lipinski definition) is 1. The number of urea groups is 1. The molecule has 8 heteroatoms. The van der Waals surface area contributed by atoms with Gasteiger partial charge < -0.3 is 15.0 Å². The summed E-state index contributed by atoms with van der Waals surface area (Å²) in [4.78, 5) is 29.1. The fourth-order valence-electron chi connectivity index (χ4n) is 5.03. The molecule has 3 aliphatic carbocycles. The van der Waals surface area contributed by atoms with Gasteiger partial charge in [-0.25, -0.2) is 4.79 Å². The number of amides is 3. The Balaban J connectivity index is 1.14. The van der Waals surface area contributed by atoms with Crippen molar-refractivity contribution in [2.75, 3.05) is 24.6 Å². The Kier molecular flexibility index (Phi) is 4.60. The normalized spacial score (nSPS) is 26.8. The molecule has 3 amide bonds. The predicted octanol–water partition coefficient (Wildman–Crippen LogP) is 4.11. The van der Waals surface area contributed by atoms with Crippen molar-refractivity contribution in [3.8, 4) is 5.75 Å². The summed E-state index contributed by atoms with van der Waals surface area (Å²) in [7, 11) is 0. The molecule has 0 atom stereocenters. The first kappa shape index (κ1) is 19.5. The zero-order chi connectivity index (χ0) is 20.9. The van der Waals surface area contributed by atoms with Crippen LogP contribution in [0.1, 0.15) is 19.3 Å². The molecule has 1 saturated heterocycles. The van der Waals surface area contributed by atoms with E-state index in [2.05, 4.69) is 5.32 Å². The van der Waals surface area contributed by atoms with Crippen LogP contribution in [0.4, 0.5) is 10.5 Å². The van der Waals surface area contributed by atoms with E-state index in [1.807, 2.05) is 17.0 Å². The maximum absolute atomic E-state index is 13.0. The van der Waals surface area contributed by atoms with E-state index in [9.17, 15) is 9.59 Å². The molecule has 0 aromatic heterocycles. The van der Waals surface area contributed by atoms with Gasteiger partial charge >= 0.3 is 6.03 Å². The predicted molar refractivity (Wildman–Crippen MR) is 115 cm³/mol. The number of nitrogens with zero attached hydrogens (tertiary/aromatic N) is 2. The van der Waals surface area contributed by atoms with Crippen LogP contribution in [-0.4, -0.2) is 47.6 Å². The molecule has 4 fully saturated rings. The minimum absolute atomic E-state index is 0.0289. The highest BCUT2D eigenvalue weighted by Gasteiger charge is 2.72. The second-order valence-corrected chi connectivity index (χ2v) is 9.26. The molecule has 30 heavy (non-hydrogen) atoms. The van der Waals surface area contributed by atoms with E-state index in [1.54, 1.807) is 41.3 Å². The van der Waals surface area contributed by atoms with E-state index >= 15 is 0 Å². The zero-order valence-electron chi connectivity index (χ0n) is 16.2. The van der Waals surface area contributed by atoms with Crippen molar-refractivity contribution >= 4 is 40.8 Å². The Hall–Kier alpha value is -2.44. The molecule has 3 saturated carbocycles. The smallest absolute Gasteiger partial charge is 0.325 e. The fourth-order valence-corrected chi connectivity index (χ4v) is 5.33. The van der Waals surface area contributed by atoms with Crippen LogP contribution in [0.15, 0.2) is 48.5 Å². The van der Waals surface area contributed by atoms with E-state index in [0.717, 1.165) is 24.9 Å². The molecule has 0 radical (unpaired) electrons. The van der Waals surface area contributed by atoms with Crippen molar-refractivity contribution in [2.24, 2.45) is 0 Å². The Labute approximate surface area is 184 Å². The number of benzene rings is 2. The third kappa shape index (κ3) is 3.28. The van der Waals surface area contributed by atoms with Crippen LogP contribution in [0, 0.1) is 0 Å². The third-order valence-electron chi connectivity index (χ3n) is 6.29. The largest absolute Gasteiger partial charge is 0.484 e. The number of rotatable bonds is 6. The Morgan fingerprint density at radius 2 is 1.77 bits per heavy atom. The molecule has 0 unspecified atom stereocenters. The SMILES string of the molecule is O=C(COc1cccc(Cl)c1)NC12CC(N3CCN(c4ccc(Cl)cc4)C3=O)(C1)C2. The third-order valence-corrected chi connectivity index (χ3v) is 6.78.